The van der Waals surface area contributed by atoms with E-state index in [9.17, 15) is 4.79 Å². The molecule has 2 unspecified atom stereocenters. The lowest BCUT2D eigenvalue weighted by atomic mass is 9.99. The maximum absolute atomic E-state index is 11.3. The predicted molar refractivity (Wildman–Crippen MR) is 76.4 cm³/mol. The highest BCUT2D eigenvalue weighted by Crippen LogP contribution is 2.30. The molecule has 0 heterocycles. The lowest BCUT2D eigenvalue weighted by Crippen LogP contribution is -2.50. The topological polar surface area (TPSA) is 87.6 Å². The molecule has 0 radical (unpaired) electrons. The van der Waals surface area contributed by atoms with Gasteiger partial charge in [0.2, 0.25) is 5.91 Å². The minimum absolute atomic E-state index is 0.0441. The van der Waals surface area contributed by atoms with E-state index in [1.807, 2.05) is 24.3 Å². The van der Waals surface area contributed by atoms with Crippen molar-refractivity contribution in [2.24, 2.45) is 11.5 Å². The van der Waals surface area contributed by atoms with Gasteiger partial charge in [0.1, 0.15) is 11.9 Å². The van der Waals surface area contributed by atoms with Crippen molar-refractivity contribution >= 4 is 5.91 Å². The third-order valence-electron chi connectivity index (χ3n) is 3.82. The Bertz CT molecular complexity index is 461. The fourth-order valence-electron chi connectivity index (χ4n) is 2.50. The summed E-state index contributed by atoms with van der Waals surface area (Å²) in [6.07, 6.45) is 2.66. The predicted octanol–water partition coefficient (Wildman–Crippen LogP) is 0.990. The fourth-order valence-corrected chi connectivity index (χ4v) is 2.50. The van der Waals surface area contributed by atoms with E-state index >= 15 is 0 Å². The molecule has 0 saturated heterocycles. The van der Waals surface area contributed by atoms with Crippen LogP contribution in [0.15, 0.2) is 24.3 Å². The fraction of sp³-hybridized carbons (Fsp3) is 0.533. The number of methoxy groups -OCH3 is 1. The standard InChI is InChI=1S/C15H22N2O3/c1-19-9-7-11-2-4-12(5-3-11)20-13-6-8-15(17,10-13)14(16)18/h2-5,13H,6-10,17H2,1H3,(H2,16,18). The highest BCUT2D eigenvalue weighted by Gasteiger charge is 2.41. The number of hydrogen-bond donors (Lipinski definition) is 2. The average Bonchev–Trinajstić information content (AvgIpc) is 2.81. The third-order valence-corrected chi connectivity index (χ3v) is 3.82. The molecule has 1 saturated carbocycles. The van der Waals surface area contributed by atoms with Gasteiger partial charge in [-0.1, -0.05) is 12.1 Å². The zero-order valence-corrected chi connectivity index (χ0v) is 11.8. The van der Waals surface area contributed by atoms with Crippen LogP contribution < -0.4 is 16.2 Å². The van der Waals surface area contributed by atoms with E-state index in [1.165, 1.54) is 5.56 Å². The average molecular weight is 278 g/mol. The van der Waals surface area contributed by atoms with E-state index in [-0.39, 0.29) is 6.10 Å². The van der Waals surface area contributed by atoms with Crippen molar-refractivity contribution in [1.29, 1.82) is 0 Å². The van der Waals surface area contributed by atoms with Gasteiger partial charge in [-0.3, -0.25) is 4.79 Å². The van der Waals surface area contributed by atoms with Gasteiger partial charge in [-0.2, -0.15) is 0 Å². The molecule has 0 aliphatic heterocycles. The summed E-state index contributed by atoms with van der Waals surface area (Å²) in [5.74, 6) is 0.350. The molecule has 5 nitrogen and oxygen atoms in total. The lowest BCUT2D eigenvalue weighted by Gasteiger charge is -2.20. The molecule has 4 N–H and O–H groups in total. The van der Waals surface area contributed by atoms with Gasteiger partial charge in [0.25, 0.3) is 0 Å². The summed E-state index contributed by atoms with van der Waals surface area (Å²) in [5.41, 5.74) is 11.6. The van der Waals surface area contributed by atoms with Crippen LogP contribution in [0.25, 0.3) is 0 Å². The van der Waals surface area contributed by atoms with Crippen LogP contribution in [-0.4, -0.2) is 31.3 Å². The number of carbonyl (C=O) groups is 1. The highest BCUT2D eigenvalue weighted by atomic mass is 16.5. The summed E-state index contributed by atoms with van der Waals surface area (Å²) in [6, 6.07) is 7.91. The molecule has 5 heteroatoms. The van der Waals surface area contributed by atoms with Crippen molar-refractivity contribution in [2.45, 2.75) is 37.3 Å². The van der Waals surface area contributed by atoms with Gasteiger partial charge in [0, 0.05) is 13.5 Å². The van der Waals surface area contributed by atoms with Crippen molar-refractivity contribution in [2.75, 3.05) is 13.7 Å². The number of nitrogens with two attached hydrogens (primary N) is 2. The molecule has 110 valence electrons. The van der Waals surface area contributed by atoms with Crippen LogP contribution in [-0.2, 0) is 16.0 Å². The molecule has 0 bridgehead atoms. The van der Waals surface area contributed by atoms with Gasteiger partial charge >= 0.3 is 0 Å². The second-order valence-electron chi connectivity index (χ2n) is 5.39. The number of primary amides is 1. The Balaban J connectivity index is 1.90. The summed E-state index contributed by atoms with van der Waals surface area (Å²) < 4.78 is 10.9. The van der Waals surface area contributed by atoms with Crippen molar-refractivity contribution in [1.82, 2.24) is 0 Å². The van der Waals surface area contributed by atoms with Crippen molar-refractivity contribution in [3.63, 3.8) is 0 Å². The molecular formula is C15H22N2O3. The minimum Gasteiger partial charge on any atom is -0.490 e. The van der Waals surface area contributed by atoms with Crippen LogP contribution in [0.2, 0.25) is 0 Å². The van der Waals surface area contributed by atoms with Crippen LogP contribution >= 0.6 is 0 Å². The smallest absolute Gasteiger partial charge is 0.237 e. The summed E-state index contributed by atoms with van der Waals surface area (Å²) in [5, 5.41) is 0. The summed E-state index contributed by atoms with van der Waals surface area (Å²) in [6.45, 7) is 0.705. The van der Waals surface area contributed by atoms with Gasteiger partial charge in [-0.15, -0.1) is 0 Å². The number of rotatable bonds is 6. The lowest BCUT2D eigenvalue weighted by molar-refractivity contribution is -0.123. The van der Waals surface area contributed by atoms with E-state index < -0.39 is 11.4 Å². The van der Waals surface area contributed by atoms with Gasteiger partial charge in [-0.25, -0.2) is 0 Å². The molecule has 2 atom stereocenters. The second-order valence-corrected chi connectivity index (χ2v) is 5.39. The van der Waals surface area contributed by atoms with E-state index in [2.05, 4.69) is 0 Å². The highest BCUT2D eigenvalue weighted by molar-refractivity contribution is 5.84. The molecule has 0 aromatic heterocycles. The van der Waals surface area contributed by atoms with Crippen LogP contribution in [0.1, 0.15) is 24.8 Å². The van der Waals surface area contributed by atoms with Crippen LogP contribution in [0.4, 0.5) is 0 Å². The number of benzene rings is 1. The number of amides is 1. The quantitative estimate of drug-likeness (QED) is 0.812. The Labute approximate surface area is 119 Å². The molecule has 1 amide bonds. The first-order valence-electron chi connectivity index (χ1n) is 6.87. The Hall–Kier alpha value is -1.59. The number of ether oxygens (including phenoxy) is 2. The second kappa shape index (κ2) is 6.24. The summed E-state index contributed by atoms with van der Waals surface area (Å²) >= 11 is 0. The maximum atomic E-state index is 11.3. The first-order valence-corrected chi connectivity index (χ1v) is 6.87. The Morgan fingerprint density at radius 1 is 1.40 bits per heavy atom. The molecule has 1 fully saturated rings. The number of carbonyl (C=O) groups excluding carboxylic acids is 1. The van der Waals surface area contributed by atoms with E-state index in [4.69, 9.17) is 20.9 Å². The third kappa shape index (κ3) is 3.49. The van der Waals surface area contributed by atoms with Crippen LogP contribution in [0.3, 0.4) is 0 Å². The van der Waals surface area contributed by atoms with Gasteiger partial charge in [0.15, 0.2) is 0 Å². The SMILES string of the molecule is COCCc1ccc(OC2CCC(N)(C(N)=O)C2)cc1. The van der Waals surface area contributed by atoms with Crippen molar-refractivity contribution < 1.29 is 14.3 Å². The van der Waals surface area contributed by atoms with Gasteiger partial charge < -0.3 is 20.9 Å². The monoisotopic (exact) mass is 278 g/mol. The molecule has 1 aliphatic carbocycles. The van der Waals surface area contributed by atoms with Gasteiger partial charge in [0.05, 0.1) is 12.1 Å². The Morgan fingerprint density at radius 2 is 2.10 bits per heavy atom. The first-order chi connectivity index (χ1) is 9.53. The number of hydrogen-bond acceptors (Lipinski definition) is 4. The normalized spacial score (nSPS) is 25.6. The van der Waals surface area contributed by atoms with Crippen LogP contribution in [0, 0.1) is 0 Å². The van der Waals surface area contributed by atoms with Gasteiger partial charge in [-0.05, 0) is 37.0 Å². The van der Waals surface area contributed by atoms with E-state index in [1.54, 1.807) is 7.11 Å². The molecular weight excluding hydrogens is 256 g/mol. The first kappa shape index (κ1) is 14.8. The Morgan fingerprint density at radius 3 is 2.65 bits per heavy atom. The maximum Gasteiger partial charge on any atom is 0.237 e. The van der Waals surface area contributed by atoms with Crippen molar-refractivity contribution in [3.8, 4) is 5.75 Å². The molecule has 1 aliphatic rings. The largest absolute Gasteiger partial charge is 0.490 e. The zero-order valence-electron chi connectivity index (χ0n) is 11.8. The Kier molecular flexibility index (Phi) is 4.62. The molecule has 1 aromatic carbocycles. The molecule has 2 rings (SSSR count). The molecule has 20 heavy (non-hydrogen) atoms. The summed E-state index contributed by atoms with van der Waals surface area (Å²) in [4.78, 5) is 11.3. The van der Waals surface area contributed by atoms with Crippen LogP contribution in [0.5, 0.6) is 5.75 Å². The summed E-state index contributed by atoms with van der Waals surface area (Å²) in [7, 11) is 1.69. The molecule has 1 aromatic rings. The zero-order chi connectivity index (χ0) is 14.6. The van der Waals surface area contributed by atoms with Crippen molar-refractivity contribution in [3.05, 3.63) is 29.8 Å². The van der Waals surface area contributed by atoms with E-state index in [0.29, 0.717) is 19.4 Å². The minimum atomic E-state index is -0.914. The molecule has 0 spiro atoms. The van der Waals surface area contributed by atoms with E-state index in [0.717, 1.165) is 18.6 Å².